The van der Waals surface area contributed by atoms with Gasteiger partial charge in [-0.05, 0) is 42.9 Å². The molecule has 3 rings (SSSR count). The van der Waals surface area contributed by atoms with Crippen LogP contribution in [0.2, 0.25) is 5.02 Å². The molecule has 2 heterocycles. The molecule has 2 aliphatic rings. The SMILES string of the molecule is CC(=O)N1CCC[C@H]1CC(=O)N[C@@H](C(=O)N1CC[C@](O)(c2ccc(Cl)cc2)C(C)(C)C1)C(C)C. The van der Waals surface area contributed by atoms with Crippen LogP contribution >= 0.6 is 11.6 Å². The Morgan fingerprint density at radius 3 is 2.38 bits per heavy atom. The lowest BCUT2D eigenvalue weighted by atomic mass is 9.66. The Balaban J connectivity index is 1.68. The highest BCUT2D eigenvalue weighted by Gasteiger charge is 2.50. The van der Waals surface area contributed by atoms with Crippen LogP contribution < -0.4 is 5.32 Å². The van der Waals surface area contributed by atoms with E-state index in [0.717, 1.165) is 18.4 Å². The molecule has 0 bridgehead atoms. The molecule has 0 aromatic heterocycles. The van der Waals surface area contributed by atoms with Crippen LogP contribution in [0.4, 0.5) is 0 Å². The fourth-order valence-corrected chi connectivity index (χ4v) is 5.52. The molecule has 2 saturated heterocycles. The number of benzene rings is 1. The predicted molar refractivity (Wildman–Crippen MR) is 132 cm³/mol. The third-order valence-electron chi connectivity index (χ3n) is 7.53. The largest absolute Gasteiger partial charge is 0.384 e. The maximum atomic E-state index is 13.5. The predicted octanol–water partition coefficient (Wildman–Crippen LogP) is 3.33. The summed E-state index contributed by atoms with van der Waals surface area (Å²) < 4.78 is 0. The Morgan fingerprint density at radius 1 is 1.18 bits per heavy atom. The second kappa shape index (κ2) is 10.2. The third kappa shape index (κ3) is 5.41. The standard InChI is InChI=1S/C26H38ClN3O4/c1-17(2)23(28-22(32)15-21-7-6-13-30(21)18(3)31)24(33)29-14-12-26(34,25(4,5)16-29)19-8-10-20(27)11-9-19/h8-11,17,21,23,34H,6-7,12-16H2,1-5H3,(H,28,32)/t21-,23+,26-/m0/s1. The minimum Gasteiger partial charge on any atom is -0.384 e. The van der Waals surface area contributed by atoms with Crippen molar-refractivity contribution in [2.24, 2.45) is 11.3 Å². The number of carbonyl (C=O) groups is 3. The average Bonchev–Trinajstić information content (AvgIpc) is 3.22. The number of rotatable bonds is 6. The van der Waals surface area contributed by atoms with Crippen LogP contribution in [-0.2, 0) is 20.0 Å². The number of likely N-dealkylation sites (tertiary alicyclic amines) is 2. The van der Waals surface area contributed by atoms with E-state index in [2.05, 4.69) is 5.32 Å². The van der Waals surface area contributed by atoms with E-state index in [1.807, 2.05) is 39.8 Å². The van der Waals surface area contributed by atoms with Crippen molar-refractivity contribution in [3.63, 3.8) is 0 Å². The summed E-state index contributed by atoms with van der Waals surface area (Å²) in [6, 6.07) is 6.45. The van der Waals surface area contributed by atoms with Gasteiger partial charge in [0.15, 0.2) is 0 Å². The van der Waals surface area contributed by atoms with Crippen LogP contribution in [-0.4, -0.2) is 64.3 Å². The van der Waals surface area contributed by atoms with E-state index in [-0.39, 0.29) is 36.1 Å². The normalized spacial score (nSPS) is 25.4. The van der Waals surface area contributed by atoms with E-state index in [9.17, 15) is 19.5 Å². The summed E-state index contributed by atoms with van der Waals surface area (Å²) in [6.07, 6.45) is 2.29. The first-order chi connectivity index (χ1) is 15.9. The van der Waals surface area contributed by atoms with E-state index in [0.29, 0.717) is 31.1 Å². The zero-order chi connectivity index (χ0) is 25.3. The summed E-state index contributed by atoms with van der Waals surface area (Å²) in [5, 5.41) is 15.1. The number of hydrogen-bond acceptors (Lipinski definition) is 4. The van der Waals surface area contributed by atoms with E-state index in [1.165, 1.54) is 6.92 Å². The van der Waals surface area contributed by atoms with Gasteiger partial charge in [-0.3, -0.25) is 14.4 Å². The van der Waals surface area contributed by atoms with Gasteiger partial charge in [-0.2, -0.15) is 0 Å². The molecular weight excluding hydrogens is 454 g/mol. The zero-order valence-electron chi connectivity index (χ0n) is 20.9. The number of carbonyl (C=O) groups excluding carboxylic acids is 3. The fourth-order valence-electron chi connectivity index (χ4n) is 5.39. The van der Waals surface area contributed by atoms with Crippen LogP contribution in [0, 0.1) is 11.3 Å². The van der Waals surface area contributed by atoms with Gasteiger partial charge in [0, 0.05) is 49.5 Å². The monoisotopic (exact) mass is 491 g/mol. The molecule has 2 aliphatic heterocycles. The van der Waals surface area contributed by atoms with Gasteiger partial charge in [0.2, 0.25) is 17.7 Å². The van der Waals surface area contributed by atoms with Gasteiger partial charge in [-0.25, -0.2) is 0 Å². The second-order valence-electron chi connectivity index (χ2n) is 10.8. The molecule has 3 atom stereocenters. The highest BCUT2D eigenvalue weighted by Crippen LogP contribution is 2.46. The van der Waals surface area contributed by atoms with Crippen molar-refractivity contribution in [3.05, 3.63) is 34.9 Å². The summed E-state index contributed by atoms with van der Waals surface area (Å²) in [4.78, 5) is 41.7. The van der Waals surface area contributed by atoms with Crippen LogP contribution in [0.5, 0.6) is 0 Å². The molecule has 0 radical (unpaired) electrons. The number of hydrogen-bond donors (Lipinski definition) is 2. The molecular formula is C26H38ClN3O4. The quantitative estimate of drug-likeness (QED) is 0.638. The molecule has 7 nitrogen and oxygen atoms in total. The Bertz CT molecular complexity index is 917. The van der Waals surface area contributed by atoms with Crippen molar-refractivity contribution in [1.82, 2.24) is 15.1 Å². The van der Waals surface area contributed by atoms with Crippen LogP contribution in [0.25, 0.3) is 0 Å². The van der Waals surface area contributed by atoms with E-state index in [1.54, 1.807) is 21.9 Å². The van der Waals surface area contributed by atoms with Gasteiger partial charge in [0.05, 0.1) is 5.60 Å². The van der Waals surface area contributed by atoms with Gasteiger partial charge >= 0.3 is 0 Å². The molecule has 0 aliphatic carbocycles. The highest BCUT2D eigenvalue weighted by atomic mass is 35.5. The number of piperidine rings is 1. The summed E-state index contributed by atoms with van der Waals surface area (Å²) in [5.74, 6) is -0.455. The molecule has 1 aromatic carbocycles. The topological polar surface area (TPSA) is 90.0 Å². The summed E-state index contributed by atoms with van der Waals surface area (Å²) in [7, 11) is 0. The Labute approximate surface area is 207 Å². The Morgan fingerprint density at radius 2 is 1.82 bits per heavy atom. The minimum absolute atomic E-state index is 0.0180. The average molecular weight is 492 g/mol. The minimum atomic E-state index is -1.09. The third-order valence-corrected chi connectivity index (χ3v) is 7.79. The maximum absolute atomic E-state index is 13.5. The Kier molecular flexibility index (Phi) is 7.98. The molecule has 0 spiro atoms. The molecule has 3 amide bonds. The molecule has 34 heavy (non-hydrogen) atoms. The van der Waals surface area contributed by atoms with Crippen molar-refractivity contribution < 1.29 is 19.5 Å². The summed E-state index contributed by atoms with van der Waals surface area (Å²) in [6.45, 7) is 10.7. The number of nitrogens with zero attached hydrogens (tertiary/aromatic N) is 2. The smallest absolute Gasteiger partial charge is 0.245 e. The fraction of sp³-hybridized carbons (Fsp3) is 0.654. The van der Waals surface area contributed by atoms with Crippen molar-refractivity contribution >= 4 is 29.3 Å². The molecule has 0 saturated carbocycles. The van der Waals surface area contributed by atoms with Crippen LogP contribution in [0.1, 0.15) is 65.9 Å². The molecule has 2 N–H and O–H groups in total. The lowest BCUT2D eigenvalue weighted by molar-refractivity contribution is -0.157. The lowest BCUT2D eigenvalue weighted by Crippen LogP contribution is -2.60. The van der Waals surface area contributed by atoms with E-state index in [4.69, 9.17) is 11.6 Å². The van der Waals surface area contributed by atoms with Gasteiger partial charge in [-0.1, -0.05) is 51.4 Å². The van der Waals surface area contributed by atoms with Crippen molar-refractivity contribution in [3.8, 4) is 0 Å². The lowest BCUT2D eigenvalue weighted by Gasteiger charge is -2.51. The van der Waals surface area contributed by atoms with Crippen molar-refractivity contribution in [2.75, 3.05) is 19.6 Å². The summed E-state index contributed by atoms with van der Waals surface area (Å²) >= 11 is 6.03. The van der Waals surface area contributed by atoms with Crippen molar-refractivity contribution in [1.29, 1.82) is 0 Å². The van der Waals surface area contributed by atoms with Crippen molar-refractivity contribution in [2.45, 2.75) is 78.0 Å². The zero-order valence-corrected chi connectivity index (χ0v) is 21.7. The van der Waals surface area contributed by atoms with E-state index < -0.39 is 17.1 Å². The first-order valence-corrected chi connectivity index (χ1v) is 12.6. The maximum Gasteiger partial charge on any atom is 0.245 e. The van der Waals surface area contributed by atoms with Gasteiger partial charge in [0.1, 0.15) is 6.04 Å². The number of nitrogens with one attached hydrogen (secondary N) is 1. The van der Waals surface area contributed by atoms with E-state index >= 15 is 0 Å². The molecule has 8 heteroatoms. The van der Waals surface area contributed by atoms with Crippen LogP contribution in [0.15, 0.2) is 24.3 Å². The first-order valence-electron chi connectivity index (χ1n) is 12.2. The van der Waals surface area contributed by atoms with Crippen LogP contribution in [0.3, 0.4) is 0 Å². The summed E-state index contributed by atoms with van der Waals surface area (Å²) in [5.41, 5.74) is -0.912. The number of halogens is 1. The first kappa shape index (κ1) is 26.5. The molecule has 0 unspecified atom stereocenters. The Hall–Kier alpha value is -2.12. The van der Waals surface area contributed by atoms with Gasteiger partial charge in [-0.15, -0.1) is 0 Å². The number of amides is 3. The molecule has 188 valence electrons. The molecule has 2 fully saturated rings. The van der Waals surface area contributed by atoms with Gasteiger partial charge < -0.3 is 20.2 Å². The highest BCUT2D eigenvalue weighted by molar-refractivity contribution is 6.30. The number of aliphatic hydroxyl groups is 1. The second-order valence-corrected chi connectivity index (χ2v) is 11.2. The molecule has 1 aromatic rings. The van der Waals surface area contributed by atoms with Gasteiger partial charge in [0.25, 0.3) is 0 Å².